The molecule has 0 aliphatic rings. The highest BCUT2D eigenvalue weighted by Gasteiger charge is 2.26. The molecule has 0 heterocycles. The summed E-state index contributed by atoms with van der Waals surface area (Å²) in [5.41, 5.74) is 6.67. The third-order valence-corrected chi connectivity index (χ3v) is 3.36. The van der Waals surface area contributed by atoms with Crippen LogP contribution < -0.4 is 11.1 Å². The Hall–Kier alpha value is -1.55. The van der Waals surface area contributed by atoms with Crippen LogP contribution >= 0.6 is 0 Å². The molecule has 1 rings (SSSR count). The van der Waals surface area contributed by atoms with Crippen LogP contribution in [0.4, 0.5) is 5.69 Å². The summed E-state index contributed by atoms with van der Waals surface area (Å²) in [5, 5.41) is 12.2. The predicted molar refractivity (Wildman–Crippen MR) is 73.2 cm³/mol. The third-order valence-electron chi connectivity index (χ3n) is 3.36. The number of hydrogen-bond donors (Lipinski definition) is 3. The van der Waals surface area contributed by atoms with Crippen LogP contribution in [0.15, 0.2) is 24.3 Å². The molecule has 100 valence electrons. The van der Waals surface area contributed by atoms with Crippen LogP contribution in [0.25, 0.3) is 0 Å². The molecule has 1 aromatic carbocycles. The molecule has 0 radical (unpaired) electrons. The van der Waals surface area contributed by atoms with Crippen LogP contribution in [0.5, 0.6) is 0 Å². The fourth-order valence-electron chi connectivity index (χ4n) is 1.63. The van der Waals surface area contributed by atoms with Crippen molar-refractivity contribution in [1.82, 2.24) is 5.32 Å². The Labute approximate surface area is 108 Å². The number of aliphatic hydroxyl groups is 1. The van der Waals surface area contributed by atoms with E-state index in [1.807, 2.05) is 32.9 Å². The third kappa shape index (κ3) is 3.47. The van der Waals surface area contributed by atoms with E-state index in [1.165, 1.54) is 0 Å². The van der Waals surface area contributed by atoms with Gasteiger partial charge in [0.05, 0.1) is 18.1 Å². The lowest BCUT2D eigenvalue weighted by atomic mass is 9.95. The number of hydrogen-bond acceptors (Lipinski definition) is 3. The minimum absolute atomic E-state index is 0.0705. The SMILES string of the molecule is CCC(C)(CO)NC(=O)C(C)c1cccc(N)c1. The summed E-state index contributed by atoms with van der Waals surface area (Å²) in [7, 11) is 0. The van der Waals surface area contributed by atoms with Crippen molar-refractivity contribution in [3.05, 3.63) is 29.8 Å². The maximum absolute atomic E-state index is 12.1. The minimum atomic E-state index is -0.564. The van der Waals surface area contributed by atoms with E-state index in [9.17, 15) is 9.90 Å². The molecule has 4 N–H and O–H groups in total. The van der Waals surface area contributed by atoms with Gasteiger partial charge in [0.25, 0.3) is 0 Å². The van der Waals surface area contributed by atoms with Crippen molar-refractivity contribution in [2.45, 2.75) is 38.6 Å². The van der Waals surface area contributed by atoms with Gasteiger partial charge in [-0.25, -0.2) is 0 Å². The molecular weight excluding hydrogens is 228 g/mol. The van der Waals surface area contributed by atoms with E-state index in [1.54, 1.807) is 12.1 Å². The van der Waals surface area contributed by atoms with Crippen LogP contribution in [0.2, 0.25) is 0 Å². The number of benzene rings is 1. The molecule has 0 aliphatic carbocycles. The summed E-state index contributed by atoms with van der Waals surface area (Å²) in [6, 6.07) is 7.30. The van der Waals surface area contributed by atoms with E-state index < -0.39 is 5.54 Å². The van der Waals surface area contributed by atoms with Crippen molar-refractivity contribution >= 4 is 11.6 Å². The average molecular weight is 250 g/mol. The predicted octanol–water partition coefficient (Wildman–Crippen LogP) is 1.65. The second-order valence-electron chi connectivity index (χ2n) is 4.95. The van der Waals surface area contributed by atoms with Crippen molar-refractivity contribution in [3.8, 4) is 0 Å². The molecule has 0 saturated carbocycles. The average Bonchev–Trinajstić information content (AvgIpc) is 2.37. The van der Waals surface area contributed by atoms with E-state index in [2.05, 4.69) is 5.32 Å². The summed E-state index contributed by atoms with van der Waals surface area (Å²) in [5.74, 6) is -0.384. The Bertz CT molecular complexity index is 414. The van der Waals surface area contributed by atoms with Crippen LogP contribution in [0, 0.1) is 0 Å². The van der Waals surface area contributed by atoms with Gasteiger partial charge in [-0.3, -0.25) is 4.79 Å². The molecular formula is C14H22N2O2. The summed E-state index contributed by atoms with van der Waals surface area (Å²) >= 11 is 0. The topological polar surface area (TPSA) is 75.3 Å². The highest BCUT2D eigenvalue weighted by molar-refractivity contribution is 5.84. The van der Waals surface area contributed by atoms with Gasteiger partial charge in [-0.15, -0.1) is 0 Å². The summed E-state index contributed by atoms with van der Waals surface area (Å²) in [6.07, 6.45) is 0.679. The maximum atomic E-state index is 12.1. The normalized spacial score (nSPS) is 15.8. The molecule has 0 spiro atoms. The van der Waals surface area contributed by atoms with Gasteiger partial charge in [-0.1, -0.05) is 19.1 Å². The van der Waals surface area contributed by atoms with Gasteiger partial charge in [0.2, 0.25) is 5.91 Å². The van der Waals surface area contributed by atoms with E-state index in [0.29, 0.717) is 12.1 Å². The lowest BCUT2D eigenvalue weighted by Gasteiger charge is -2.29. The van der Waals surface area contributed by atoms with Gasteiger partial charge < -0.3 is 16.2 Å². The maximum Gasteiger partial charge on any atom is 0.227 e. The molecule has 1 amide bonds. The Morgan fingerprint density at radius 1 is 1.56 bits per heavy atom. The molecule has 2 unspecified atom stereocenters. The van der Waals surface area contributed by atoms with Gasteiger partial charge in [0.1, 0.15) is 0 Å². The van der Waals surface area contributed by atoms with E-state index in [4.69, 9.17) is 5.73 Å². The van der Waals surface area contributed by atoms with Crippen molar-refractivity contribution in [1.29, 1.82) is 0 Å². The number of amides is 1. The number of carbonyl (C=O) groups is 1. The standard InChI is InChI=1S/C14H22N2O2/c1-4-14(3,9-17)16-13(18)10(2)11-6-5-7-12(15)8-11/h5-8,10,17H,4,9,15H2,1-3H3,(H,16,18). The summed E-state index contributed by atoms with van der Waals surface area (Å²) < 4.78 is 0. The zero-order valence-electron chi connectivity index (χ0n) is 11.2. The number of rotatable bonds is 5. The summed E-state index contributed by atoms with van der Waals surface area (Å²) in [4.78, 5) is 12.1. The molecule has 1 aromatic rings. The van der Waals surface area contributed by atoms with Crippen LogP contribution in [0.1, 0.15) is 38.7 Å². The molecule has 0 bridgehead atoms. The van der Waals surface area contributed by atoms with Gasteiger partial charge in [-0.05, 0) is 38.0 Å². The number of anilines is 1. The smallest absolute Gasteiger partial charge is 0.227 e. The Kier molecular flexibility index (Phi) is 4.73. The van der Waals surface area contributed by atoms with Gasteiger partial charge in [0, 0.05) is 5.69 Å². The zero-order chi connectivity index (χ0) is 13.8. The molecule has 0 saturated heterocycles. The number of nitrogens with one attached hydrogen (secondary N) is 1. The quantitative estimate of drug-likeness (QED) is 0.695. The van der Waals surface area contributed by atoms with Gasteiger partial charge in [-0.2, -0.15) is 0 Å². The van der Waals surface area contributed by atoms with Crippen molar-refractivity contribution in [2.75, 3.05) is 12.3 Å². The molecule has 0 aromatic heterocycles. The molecule has 0 fully saturated rings. The van der Waals surface area contributed by atoms with E-state index in [-0.39, 0.29) is 18.4 Å². The first-order valence-electron chi connectivity index (χ1n) is 6.20. The van der Waals surface area contributed by atoms with Crippen LogP contribution in [-0.2, 0) is 4.79 Å². The van der Waals surface area contributed by atoms with Gasteiger partial charge >= 0.3 is 0 Å². The van der Waals surface area contributed by atoms with Crippen molar-refractivity contribution < 1.29 is 9.90 Å². The lowest BCUT2D eigenvalue weighted by molar-refractivity contribution is -0.124. The van der Waals surface area contributed by atoms with E-state index >= 15 is 0 Å². The number of nitrogens with two attached hydrogens (primary N) is 1. The van der Waals surface area contributed by atoms with Gasteiger partial charge in [0.15, 0.2) is 0 Å². The first-order valence-corrected chi connectivity index (χ1v) is 6.20. The highest BCUT2D eigenvalue weighted by atomic mass is 16.3. The fourth-order valence-corrected chi connectivity index (χ4v) is 1.63. The zero-order valence-corrected chi connectivity index (χ0v) is 11.2. The lowest BCUT2D eigenvalue weighted by Crippen LogP contribution is -2.49. The monoisotopic (exact) mass is 250 g/mol. The Morgan fingerprint density at radius 2 is 2.22 bits per heavy atom. The van der Waals surface area contributed by atoms with Crippen molar-refractivity contribution in [3.63, 3.8) is 0 Å². The fraction of sp³-hybridized carbons (Fsp3) is 0.500. The van der Waals surface area contributed by atoms with Crippen molar-refractivity contribution in [2.24, 2.45) is 0 Å². The van der Waals surface area contributed by atoms with E-state index in [0.717, 1.165) is 5.56 Å². The van der Waals surface area contributed by atoms with Crippen LogP contribution in [0.3, 0.4) is 0 Å². The molecule has 18 heavy (non-hydrogen) atoms. The van der Waals surface area contributed by atoms with Crippen LogP contribution in [-0.4, -0.2) is 23.2 Å². The molecule has 4 heteroatoms. The Balaban J connectivity index is 2.79. The Morgan fingerprint density at radius 3 is 2.72 bits per heavy atom. The first kappa shape index (κ1) is 14.5. The molecule has 2 atom stereocenters. The number of carbonyl (C=O) groups excluding carboxylic acids is 1. The second-order valence-corrected chi connectivity index (χ2v) is 4.95. The molecule has 0 aliphatic heterocycles. The second kappa shape index (κ2) is 5.87. The number of aliphatic hydroxyl groups excluding tert-OH is 1. The largest absolute Gasteiger partial charge is 0.399 e. The first-order chi connectivity index (χ1) is 8.41. The molecule has 4 nitrogen and oxygen atoms in total. The summed E-state index contributed by atoms with van der Waals surface area (Å²) in [6.45, 7) is 5.52. The highest BCUT2D eigenvalue weighted by Crippen LogP contribution is 2.19. The number of nitrogen functional groups attached to an aromatic ring is 1. The minimum Gasteiger partial charge on any atom is -0.399 e.